The maximum atomic E-state index is 12.2. The number of nitro groups is 1. The highest BCUT2D eigenvalue weighted by molar-refractivity contribution is 5.86. The number of nitro benzene ring substituents is 1. The fourth-order valence-electron chi connectivity index (χ4n) is 2.32. The average molecular weight is 311 g/mol. The molecule has 1 aromatic heterocycles. The first-order chi connectivity index (χ1) is 11.1. The highest BCUT2D eigenvalue weighted by Gasteiger charge is 2.17. The first-order valence-electron chi connectivity index (χ1n) is 6.89. The topological polar surface area (TPSA) is 87.3 Å². The Bertz CT molecular complexity index is 901. The lowest BCUT2D eigenvalue weighted by Crippen LogP contribution is -2.13. The molecular weight excluding hydrogens is 298 g/mol. The molecule has 7 heteroatoms. The van der Waals surface area contributed by atoms with Crippen LogP contribution in [-0.4, -0.2) is 20.6 Å². The number of rotatable bonds is 3. The Balaban J connectivity index is 1.82. The van der Waals surface area contributed by atoms with Gasteiger partial charge in [0.25, 0.3) is 5.69 Å². The summed E-state index contributed by atoms with van der Waals surface area (Å²) in [7, 11) is 0. The van der Waals surface area contributed by atoms with Gasteiger partial charge < -0.3 is 4.74 Å². The summed E-state index contributed by atoms with van der Waals surface area (Å²) in [5.74, 6) is 0. The summed E-state index contributed by atoms with van der Waals surface area (Å²) in [6.07, 6.45) is 0.743. The number of ether oxygens (including phenoxy) is 1. The molecule has 0 aliphatic rings. The van der Waals surface area contributed by atoms with Gasteiger partial charge in [-0.15, -0.1) is 0 Å². The number of carbonyl (C=O) groups is 1. The largest absolute Gasteiger partial charge is 0.444 e. The van der Waals surface area contributed by atoms with Crippen LogP contribution in [-0.2, 0) is 11.3 Å². The number of hydrogen-bond acceptors (Lipinski definition) is 5. The fraction of sp³-hybridized carbons (Fsp3) is 0.125. The molecule has 0 unspecified atom stereocenters. The second kappa shape index (κ2) is 5.88. The molecule has 0 atom stereocenters. The van der Waals surface area contributed by atoms with Gasteiger partial charge in [0.15, 0.2) is 0 Å². The van der Waals surface area contributed by atoms with Crippen LogP contribution in [0.5, 0.6) is 0 Å². The molecule has 1 heterocycles. The van der Waals surface area contributed by atoms with Crippen LogP contribution in [0.3, 0.4) is 0 Å². The van der Waals surface area contributed by atoms with Crippen molar-refractivity contribution in [2.45, 2.75) is 13.5 Å². The Morgan fingerprint density at radius 2 is 2.09 bits per heavy atom. The Morgan fingerprint density at radius 3 is 2.87 bits per heavy atom. The van der Waals surface area contributed by atoms with Gasteiger partial charge in [-0.25, -0.2) is 14.3 Å². The minimum absolute atomic E-state index is 0.0705. The Hall–Kier alpha value is -3.22. The van der Waals surface area contributed by atoms with Crippen LogP contribution in [0.1, 0.15) is 11.1 Å². The van der Waals surface area contributed by atoms with Gasteiger partial charge in [0.1, 0.15) is 12.9 Å². The summed E-state index contributed by atoms with van der Waals surface area (Å²) >= 11 is 0. The molecule has 0 saturated heterocycles. The van der Waals surface area contributed by atoms with E-state index in [2.05, 4.69) is 4.98 Å². The van der Waals surface area contributed by atoms with Crippen molar-refractivity contribution in [3.8, 4) is 0 Å². The van der Waals surface area contributed by atoms with Crippen LogP contribution < -0.4 is 0 Å². The zero-order valence-corrected chi connectivity index (χ0v) is 12.3. The maximum absolute atomic E-state index is 12.2. The van der Waals surface area contributed by atoms with E-state index in [0.29, 0.717) is 16.6 Å². The standard InChI is InChI=1S/C16H13N3O4/c1-11-6-7-14(19(21)22)12(8-11)9-23-16(20)18-10-17-13-4-2-3-5-15(13)18/h2-8,10H,9H2,1H3. The lowest BCUT2D eigenvalue weighted by Gasteiger charge is -2.07. The number of aromatic nitrogens is 2. The molecule has 7 nitrogen and oxygen atoms in total. The van der Waals surface area contributed by atoms with E-state index >= 15 is 0 Å². The molecule has 3 rings (SSSR count). The van der Waals surface area contributed by atoms with Crippen molar-refractivity contribution < 1.29 is 14.5 Å². The zero-order chi connectivity index (χ0) is 16.4. The van der Waals surface area contributed by atoms with Crippen LogP contribution >= 0.6 is 0 Å². The lowest BCUT2D eigenvalue weighted by molar-refractivity contribution is -0.385. The summed E-state index contributed by atoms with van der Waals surface area (Å²) < 4.78 is 6.48. The van der Waals surface area contributed by atoms with Crippen LogP contribution in [0.4, 0.5) is 10.5 Å². The van der Waals surface area contributed by atoms with E-state index in [1.165, 1.54) is 17.0 Å². The van der Waals surface area contributed by atoms with E-state index < -0.39 is 11.0 Å². The molecule has 0 amide bonds. The van der Waals surface area contributed by atoms with Gasteiger partial charge in [0, 0.05) is 6.07 Å². The minimum Gasteiger partial charge on any atom is -0.444 e. The molecule has 2 aromatic carbocycles. The average Bonchev–Trinajstić information content (AvgIpc) is 2.96. The van der Waals surface area contributed by atoms with Crippen LogP contribution in [0.15, 0.2) is 48.8 Å². The van der Waals surface area contributed by atoms with Gasteiger partial charge in [-0.05, 0) is 25.1 Å². The number of aryl methyl sites for hydroxylation is 1. The number of benzene rings is 2. The molecular formula is C16H13N3O4. The van der Waals surface area contributed by atoms with Gasteiger partial charge >= 0.3 is 6.09 Å². The monoisotopic (exact) mass is 311 g/mol. The van der Waals surface area contributed by atoms with Crippen LogP contribution in [0.25, 0.3) is 11.0 Å². The molecule has 0 fully saturated rings. The molecule has 0 saturated carbocycles. The highest BCUT2D eigenvalue weighted by atomic mass is 16.6. The van der Waals surface area contributed by atoms with Crippen molar-refractivity contribution in [3.05, 3.63) is 70.0 Å². The number of fused-ring (bicyclic) bond motifs is 1. The lowest BCUT2D eigenvalue weighted by atomic mass is 10.1. The van der Waals surface area contributed by atoms with Crippen molar-refractivity contribution >= 4 is 22.8 Å². The van der Waals surface area contributed by atoms with E-state index in [9.17, 15) is 14.9 Å². The van der Waals surface area contributed by atoms with Gasteiger partial charge in [-0.3, -0.25) is 10.1 Å². The number of carbonyl (C=O) groups excluding carboxylic acids is 1. The predicted molar refractivity (Wildman–Crippen MR) is 83.1 cm³/mol. The van der Waals surface area contributed by atoms with E-state index in [-0.39, 0.29) is 12.3 Å². The Morgan fingerprint density at radius 1 is 1.30 bits per heavy atom. The zero-order valence-electron chi connectivity index (χ0n) is 12.3. The third-order valence-electron chi connectivity index (χ3n) is 3.43. The maximum Gasteiger partial charge on any atom is 0.420 e. The second-order valence-electron chi connectivity index (χ2n) is 5.05. The van der Waals surface area contributed by atoms with Crippen LogP contribution in [0.2, 0.25) is 0 Å². The fourth-order valence-corrected chi connectivity index (χ4v) is 2.32. The van der Waals surface area contributed by atoms with Crippen molar-refractivity contribution in [3.63, 3.8) is 0 Å². The van der Waals surface area contributed by atoms with Gasteiger partial charge in [0.2, 0.25) is 0 Å². The molecule has 0 radical (unpaired) electrons. The quantitative estimate of drug-likeness (QED) is 0.546. The van der Waals surface area contributed by atoms with Gasteiger partial charge in [-0.2, -0.15) is 0 Å². The normalized spacial score (nSPS) is 10.7. The number of nitrogens with zero attached hydrogens (tertiary/aromatic N) is 3. The van der Waals surface area contributed by atoms with E-state index in [1.54, 1.807) is 30.3 Å². The number of hydrogen-bond donors (Lipinski definition) is 0. The smallest absolute Gasteiger partial charge is 0.420 e. The summed E-state index contributed by atoms with van der Waals surface area (Å²) in [5, 5.41) is 11.0. The Kier molecular flexibility index (Phi) is 3.76. The third kappa shape index (κ3) is 2.89. The Labute approximate surface area is 131 Å². The molecule has 0 aliphatic carbocycles. The van der Waals surface area contributed by atoms with Gasteiger partial charge in [-0.1, -0.05) is 23.8 Å². The summed E-state index contributed by atoms with van der Waals surface area (Å²) in [6, 6.07) is 11.8. The summed E-state index contributed by atoms with van der Waals surface area (Å²) in [5.41, 5.74) is 2.43. The van der Waals surface area contributed by atoms with Gasteiger partial charge in [0.05, 0.1) is 21.5 Å². The summed E-state index contributed by atoms with van der Waals surface area (Å²) in [4.78, 5) is 26.8. The SMILES string of the molecule is Cc1ccc([N+](=O)[O-])c(COC(=O)n2cnc3ccccc32)c1. The first-order valence-corrected chi connectivity index (χ1v) is 6.89. The molecule has 0 spiro atoms. The van der Waals surface area contributed by atoms with Crippen molar-refractivity contribution in [1.82, 2.24) is 9.55 Å². The molecule has 3 aromatic rings. The third-order valence-corrected chi connectivity index (χ3v) is 3.43. The van der Waals surface area contributed by atoms with Crippen molar-refractivity contribution in [2.24, 2.45) is 0 Å². The first kappa shape index (κ1) is 14.7. The predicted octanol–water partition coefficient (Wildman–Crippen LogP) is 3.44. The summed E-state index contributed by atoms with van der Waals surface area (Å²) in [6.45, 7) is 1.64. The molecule has 116 valence electrons. The number of para-hydroxylation sites is 2. The minimum atomic E-state index is -0.630. The second-order valence-corrected chi connectivity index (χ2v) is 5.05. The van der Waals surface area contributed by atoms with Crippen molar-refractivity contribution in [1.29, 1.82) is 0 Å². The molecule has 0 N–H and O–H groups in total. The number of imidazole rings is 1. The van der Waals surface area contributed by atoms with Crippen LogP contribution in [0, 0.1) is 17.0 Å². The van der Waals surface area contributed by atoms with E-state index in [4.69, 9.17) is 4.74 Å². The molecule has 0 bridgehead atoms. The van der Waals surface area contributed by atoms with E-state index in [1.807, 2.05) is 13.0 Å². The van der Waals surface area contributed by atoms with E-state index in [0.717, 1.165) is 5.56 Å². The highest BCUT2D eigenvalue weighted by Crippen LogP contribution is 2.21. The van der Waals surface area contributed by atoms with Crippen molar-refractivity contribution in [2.75, 3.05) is 0 Å². The molecule has 0 aliphatic heterocycles. The molecule has 23 heavy (non-hydrogen) atoms.